The zero-order valence-electron chi connectivity index (χ0n) is 49.9. The van der Waals surface area contributed by atoms with Gasteiger partial charge in [0, 0.05) is 113 Å². The van der Waals surface area contributed by atoms with E-state index in [1.807, 2.05) is 0 Å². The number of rotatable bonds is 8. The number of fused-ring (bicyclic) bond motifs is 15. The Morgan fingerprint density at radius 3 is 2.14 bits per heavy atom. The number of Topliss-reactive ketones (excluding diaryl/α,β-unsaturated/α-hetero) is 3. The highest BCUT2D eigenvalue weighted by atomic mass is 19.1. The van der Waals surface area contributed by atoms with Crippen molar-refractivity contribution in [2.45, 2.75) is 97.6 Å². The number of aromatic carboxylic acids is 1. The number of piperazine rings is 1. The molecular weight excluding hydrogens is 1140 g/mol. The fraction of sp³-hybridized carbons (Fsp3) is 0.516. The molecule has 3 amide bonds. The van der Waals surface area contributed by atoms with Gasteiger partial charge in [0.15, 0.2) is 11.6 Å². The van der Waals surface area contributed by atoms with E-state index in [0.717, 1.165) is 25.2 Å². The third-order valence-corrected chi connectivity index (χ3v) is 18.2. The Morgan fingerprint density at radius 1 is 0.828 bits per heavy atom. The topological polar surface area (TPSA) is 303 Å². The Morgan fingerprint density at radius 2 is 1.51 bits per heavy atom. The molecule has 3 saturated heterocycles. The Kier molecular flexibility index (Phi) is 17.2. The number of carboxylic acids is 1. The summed E-state index contributed by atoms with van der Waals surface area (Å²) < 4.78 is 53.6. The number of ketones is 3. The summed E-state index contributed by atoms with van der Waals surface area (Å²) in [5.74, 6) is -12.6. The fourth-order valence-electron chi connectivity index (χ4n) is 12.7. The van der Waals surface area contributed by atoms with E-state index < -0.39 is 134 Å². The highest BCUT2D eigenvalue weighted by Crippen LogP contribution is 2.50. The van der Waals surface area contributed by atoms with Gasteiger partial charge in [0.05, 0.1) is 78.4 Å². The number of hydrogen-bond acceptors (Lipinski definition) is 19. The Hall–Kier alpha value is -8.13. The van der Waals surface area contributed by atoms with Gasteiger partial charge in [0.2, 0.25) is 22.9 Å². The second kappa shape index (κ2) is 24.2. The number of aromatic nitrogens is 1. The van der Waals surface area contributed by atoms with E-state index in [-0.39, 0.29) is 128 Å². The first-order valence-electron chi connectivity index (χ1n) is 29.2. The summed E-state index contributed by atoms with van der Waals surface area (Å²) >= 11 is 0. The number of morpholine rings is 1. The van der Waals surface area contributed by atoms with E-state index in [1.165, 1.54) is 64.3 Å². The van der Waals surface area contributed by atoms with Crippen LogP contribution < -0.4 is 25.1 Å². The SMILES string of the molecule is COc1c(N2CCN(C(=O)C3CN(C(=O)O[C@@H]4[C@H](C)[C@@H](O)[C@H](C)[C@@H](O)[C@H](C)/C=C/C=C(/C)C(=O)NC5=C(N6CCOCC6)C(=O)c6c(c(O)c(C)c7c6C(=O)[C@@](C)(O/C=C/[C@H](OC)[C@H]4C)O7)C5=O)C3)CC2)c(F)cc2c(=O)c(C(=O)O)cn(C3CC3)c12. The van der Waals surface area contributed by atoms with Crippen LogP contribution in [0.5, 0.6) is 17.2 Å². The van der Waals surface area contributed by atoms with Crippen molar-refractivity contribution in [2.75, 3.05) is 84.7 Å². The molecule has 87 heavy (non-hydrogen) atoms. The average Bonchev–Trinajstić information content (AvgIpc) is 1.70. The van der Waals surface area contributed by atoms with E-state index in [1.54, 1.807) is 53.0 Å². The normalized spacial score (nSPS) is 29.0. The largest absolute Gasteiger partial charge is 0.507 e. The van der Waals surface area contributed by atoms with Gasteiger partial charge >= 0.3 is 17.8 Å². The quantitative estimate of drug-likeness (QED) is 0.205. The molecule has 6 aliphatic heterocycles. The second-order valence-corrected chi connectivity index (χ2v) is 23.8. The van der Waals surface area contributed by atoms with Gasteiger partial charge in [0.1, 0.15) is 40.2 Å². The van der Waals surface area contributed by atoms with Crippen molar-refractivity contribution in [2.24, 2.45) is 29.6 Å². The molecule has 25 heteroatoms. The number of aliphatic hydroxyl groups is 2. The van der Waals surface area contributed by atoms with Crippen LogP contribution in [0, 0.1) is 42.3 Å². The highest BCUT2D eigenvalue weighted by Gasteiger charge is 2.54. The lowest BCUT2D eigenvalue weighted by molar-refractivity contribution is -0.141. The van der Waals surface area contributed by atoms with Crippen molar-refractivity contribution < 1.29 is 86.8 Å². The molecule has 0 unspecified atom stereocenters. The van der Waals surface area contributed by atoms with Gasteiger partial charge in [0.25, 0.3) is 11.7 Å². The van der Waals surface area contributed by atoms with Crippen molar-refractivity contribution in [3.63, 3.8) is 0 Å². The van der Waals surface area contributed by atoms with Crippen LogP contribution in [0.25, 0.3) is 10.9 Å². The Bertz CT molecular complexity index is 3550. The lowest BCUT2D eigenvalue weighted by atomic mass is 9.78. The third kappa shape index (κ3) is 11.1. The summed E-state index contributed by atoms with van der Waals surface area (Å²) in [4.78, 5) is 118. The average molecular weight is 1210 g/mol. The number of carbonyl (C=O) groups excluding carboxylic acids is 6. The predicted molar refractivity (Wildman–Crippen MR) is 309 cm³/mol. The number of aromatic hydroxyl groups is 1. The number of carboxylic acid groups (broad SMARTS) is 1. The van der Waals surface area contributed by atoms with Crippen molar-refractivity contribution in [3.8, 4) is 17.2 Å². The van der Waals surface area contributed by atoms with Gasteiger partial charge < -0.3 is 78.3 Å². The minimum absolute atomic E-state index is 0.0166. The lowest BCUT2D eigenvalue weighted by Gasteiger charge is -2.44. The van der Waals surface area contributed by atoms with Crippen LogP contribution in [-0.4, -0.2) is 191 Å². The predicted octanol–water partition coefficient (Wildman–Crippen LogP) is 4.64. The minimum atomic E-state index is -2.19. The summed E-state index contributed by atoms with van der Waals surface area (Å²) in [7, 11) is 2.74. The van der Waals surface area contributed by atoms with Crippen LogP contribution in [0.4, 0.5) is 14.9 Å². The van der Waals surface area contributed by atoms with E-state index in [2.05, 4.69) is 5.32 Å². The van der Waals surface area contributed by atoms with Crippen molar-refractivity contribution in [1.29, 1.82) is 0 Å². The van der Waals surface area contributed by atoms with E-state index in [0.29, 0.717) is 0 Å². The molecule has 2 aromatic carbocycles. The van der Waals surface area contributed by atoms with Gasteiger partial charge in [-0.15, -0.1) is 0 Å². The zero-order valence-corrected chi connectivity index (χ0v) is 49.9. The number of likely N-dealkylation sites (tertiary alicyclic amines) is 1. The maximum atomic E-state index is 16.1. The number of anilines is 1. The molecule has 2 aliphatic carbocycles. The molecule has 1 saturated carbocycles. The third-order valence-electron chi connectivity index (χ3n) is 18.2. The molecule has 5 N–H and O–H groups in total. The maximum absolute atomic E-state index is 16.1. The number of allylic oxidation sites excluding steroid dienone is 4. The van der Waals surface area contributed by atoms with Gasteiger partial charge in [-0.3, -0.25) is 28.8 Å². The smallest absolute Gasteiger partial charge is 0.410 e. The number of halogens is 1. The zero-order chi connectivity index (χ0) is 62.8. The standard InChI is InChI=1S/C62H73FN6O18/c1-29-11-10-12-30(2)58(77)64-44-47(66-20-23-84-24-21-66)53(75)41-42(52(44)74)50(72)34(6)55-43(41)57(76)62(7,87-55)85-22-15-40(82-8)31(3)54(33(5)49(71)32(4)48(29)70)86-61(81)68-26-35(27-68)59(78)67-18-16-65(17-19-67)46-39(63)25-37-45(56(46)83-9)69(36-13-14-36)28-38(51(37)73)60(79)80/h10-12,15,22,25,28-29,31-33,35-36,40,48-49,54,70-72H,13-14,16-21,23-24,26-27H2,1-9H3,(H,64,77)(H,79,80)/b11-10+,22-15+,30-12-/t29-,31-,32-,33-,40+,48+,49+,54+,62+/m1/s1. The number of phenolic OH excluding ortho intramolecular Hbond substituents is 1. The molecule has 3 aromatic rings. The first kappa shape index (κ1) is 61.9. The van der Waals surface area contributed by atoms with Crippen molar-refractivity contribution in [1.82, 2.24) is 24.6 Å². The highest BCUT2D eigenvalue weighted by molar-refractivity contribution is 6.32. The number of nitrogens with zero attached hydrogens (tertiary/aromatic N) is 5. The summed E-state index contributed by atoms with van der Waals surface area (Å²) in [5.41, 5.74) is -2.74. The number of phenols is 1. The van der Waals surface area contributed by atoms with Gasteiger partial charge in [-0.25, -0.2) is 14.0 Å². The number of nitrogens with one attached hydrogen (secondary N) is 1. The number of aliphatic hydroxyl groups excluding tert-OH is 2. The molecule has 1 aromatic heterocycles. The molecule has 8 aliphatic rings. The minimum Gasteiger partial charge on any atom is -0.507 e. The molecular formula is C62H73FN6O18. The van der Waals surface area contributed by atoms with Gasteiger partial charge in [-0.1, -0.05) is 45.9 Å². The fourth-order valence-corrected chi connectivity index (χ4v) is 12.7. The number of hydrogen-bond donors (Lipinski definition) is 5. The molecule has 7 heterocycles. The molecule has 5 bridgehead atoms. The van der Waals surface area contributed by atoms with Crippen LogP contribution in [0.2, 0.25) is 0 Å². The molecule has 0 radical (unpaired) electrons. The van der Waals surface area contributed by atoms with Gasteiger partial charge in [-0.05, 0) is 38.8 Å². The number of ether oxygens (including phenoxy) is 6. The van der Waals surface area contributed by atoms with Crippen LogP contribution in [0.3, 0.4) is 0 Å². The van der Waals surface area contributed by atoms with E-state index in [4.69, 9.17) is 28.4 Å². The van der Waals surface area contributed by atoms with Crippen LogP contribution in [-0.2, 0) is 28.5 Å². The van der Waals surface area contributed by atoms with Gasteiger partial charge in [-0.2, -0.15) is 0 Å². The first-order chi connectivity index (χ1) is 41.3. The molecule has 9 atom stereocenters. The molecule has 4 fully saturated rings. The number of carbonyl (C=O) groups is 7. The van der Waals surface area contributed by atoms with E-state index in [9.17, 15) is 58.8 Å². The number of methoxy groups -OCH3 is 2. The Balaban J connectivity index is 0.880. The van der Waals surface area contributed by atoms with Crippen molar-refractivity contribution >= 4 is 57.8 Å². The number of pyridine rings is 1. The second-order valence-electron chi connectivity index (χ2n) is 23.8. The first-order valence-corrected chi connectivity index (χ1v) is 29.2. The van der Waals surface area contributed by atoms with Crippen molar-refractivity contribution in [3.05, 3.63) is 104 Å². The maximum Gasteiger partial charge on any atom is 0.410 e. The summed E-state index contributed by atoms with van der Waals surface area (Å²) in [6.07, 6.45) is 4.47. The molecule has 466 valence electrons. The van der Waals surface area contributed by atoms with Crippen LogP contribution in [0.15, 0.2) is 64.6 Å². The van der Waals surface area contributed by atoms with E-state index >= 15 is 4.39 Å². The molecule has 11 rings (SSSR count). The Labute approximate surface area is 500 Å². The number of amides is 3. The summed E-state index contributed by atoms with van der Waals surface area (Å²) in [6.45, 7) is 12.2. The molecule has 0 spiro atoms. The summed E-state index contributed by atoms with van der Waals surface area (Å²) in [6, 6.07) is 0.952. The lowest BCUT2D eigenvalue weighted by Crippen LogP contribution is -2.60. The molecule has 24 nitrogen and oxygen atoms in total. The van der Waals surface area contributed by atoms with Crippen LogP contribution in [0.1, 0.15) is 107 Å². The summed E-state index contributed by atoms with van der Waals surface area (Å²) in [5, 5.41) is 47.8. The van der Waals surface area contributed by atoms with Crippen LogP contribution >= 0.6 is 0 Å². The monoisotopic (exact) mass is 1210 g/mol. The number of benzene rings is 2.